The molecule has 0 aliphatic rings. The second kappa shape index (κ2) is 6.71. The minimum absolute atomic E-state index is 0.00728. The Hall–Kier alpha value is -0.610. The minimum atomic E-state index is 0.00728. The number of halogens is 3. The van der Waals surface area contributed by atoms with Crippen molar-refractivity contribution in [3.63, 3.8) is 0 Å². The Balaban J connectivity index is 2.38. The predicted molar refractivity (Wildman–Crippen MR) is 83.9 cm³/mol. The maximum absolute atomic E-state index is 6.08. The highest BCUT2D eigenvalue weighted by Gasteiger charge is 2.15. The predicted octanol–water partition coefficient (Wildman–Crippen LogP) is 4.85. The summed E-state index contributed by atoms with van der Waals surface area (Å²) in [5.74, 6) is 0. The van der Waals surface area contributed by atoms with E-state index in [1.807, 2.05) is 30.3 Å². The number of nitrogens with zero attached hydrogens (tertiary/aromatic N) is 1. The van der Waals surface area contributed by atoms with Crippen LogP contribution >= 0.6 is 39.1 Å². The summed E-state index contributed by atoms with van der Waals surface area (Å²) in [6, 6.07) is 9.62. The Morgan fingerprint density at radius 3 is 2.58 bits per heavy atom. The van der Waals surface area contributed by atoms with Gasteiger partial charge in [0, 0.05) is 10.7 Å². The molecule has 1 unspecified atom stereocenters. The van der Waals surface area contributed by atoms with Crippen molar-refractivity contribution in [2.75, 3.05) is 6.54 Å². The molecule has 5 heteroatoms. The Kier molecular flexibility index (Phi) is 5.22. The topological polar surface area (TPSA) is 24.9 Å². The van der Waals surface area contributed by atoms with E-state index in [-0.39, 0.29) is 6.04 Å². The van der Waals surface area contributed by atoms with Gasteiger partial charge in [-0.05, 0) is 52.3 Å². The zero-order valence-electron chi connectivity index (χ0n) is 10.3. The lowest BCUT2D eigenvalue weighted by atomic mass is 10.0. The number of hydrogen-bond donors (Lipinski definition) is 1. The molecule has 0 saturated carbocycles. The molecule has 1 N–H and O–H groups in total. The molecule has 19 heavy (non-hydrogen) atoms. The number of aromatic nitrogens is 1. The lowest BCUT2D eigenvalue weighted by Gasteiger charge is -2.18. The van der Waals surface area contributed by atoms with Gasteiger partial charge in [0.05, 0.1) is 21.8 Å². The van der Waals surface area contributed by atoms with Gasteiger partial charge in [-0.1, -0.05) is 36.2 Å². The van der Waals surface area contributed by atoms with E-state index < -0.39 is 0 Å². The summed E-state index contributed by atoms with van der Waals surface area (Å²) in [4.78, 5) is 4.44. The average molecular weight is 360 g/mol. The van der Waals surface area contributed by atoms with Crippen LogP contribution < -0.4 is 5.32 Å². The normalized spacial score (nSPS) is 12.4. The lowest BCUT2D eigenvalue weighted by Crippen LogP contribution is -2.22. The summed E-state index contributed by atoms with van der Waals surface area (Å²) in [5, 5.41) is 4.52. The quantitative estimate of drug-likeness (QED) is 0.843. The average Bonchev–Trinajstić information content (AvgIpc) is 2.41. The van der Waals surface area contributed by atoms with Crippen molar-refractivity contribution >= 4 is 39.1 Å². The molecule has 0 saturated heterocycles. The van der Waals surface area contributed by atoms with Crippen molar-refractivity contribution in [2.24, 2.45) is 0 Å². The lowest BCUT2D eigenvalue weighted by molar-refractivity contribution is 0.615. The molecule has 0 radical (unpaired) electrons. The molecule has 0 aliphatic carbocycles. The van der Waals surface area contributed by atoms with Crippen LogP contribution in [0.2, 0.25) is 10.0 Å². The molecule has 2 rings (SSSR count). The molecule has 0 spiro atoms. The van der Waals surface area contributed by atoms with Crippen LogP contribution in [-0.4, -0.2) is 11.5 Å². The highest BCUT2D eigenvalue weighted by molar-refractivity contribution is 9.10. The summed E-state index contributed by atoms with van der Waals surface area (Å²) in [6.45, 7) is 2.89. The fourth-order valence-electron chi connectivity index (χ4n) is 1.85. The molecule has 0 amide bonds. The highest BCUT2D eigenvalue weighted by atomic mass is 79.9. The Bertz CT molecular complexity index is 558. The number of hydrogen-bond acceptors (Lipinski definition) is 2. The fourth-order valence-corrected chi connectivity index (χ4v) is 2.39. The van der Waals surface area contributed by atoms with Gasteiger partial charge in [-0.3, -0.25) is 4.98 Å². The number of pyridine rings is 1. The smallest absolute Gasteiger partial charge is 0.0751 e. The molecule has 0 aliphatic heterocycles. The third-order valence-corrected chi connectivity index (χ3v) is 3.94. The van der Waals surface area contributed by atoms with Crippen molar-refractivity contribution in [1.29, 1.82) is 0 Å². The van der Waals surface area contributed by atoms with E-state index in [4.69, 9.17) is 23.2 Å². The summed E-state index contributed by atoms with van der Waals surface area (Å²) >= 11 is 15.4. The van der Waals surface area contributed by atoms with E-state index >= 15 is 0 Å². The van der Waals surface area contributed by atoms with Crippen LogP contribution in [0, 0.1) is 0 Å². The van der Waals surface area contributed by atoms with Crippen molar-refractivity contribution in [3.8, 4) is 0 Å². The van der Waals surface area contributed by atoms with Gasteiger partial charge >= 0.3 is 0 Å². The molecular formula is C14H13BrCl2N2. The van der Waals surface area contributed by atoms with E-state index in [0.29, 0.717) is 10.0 Å². The number of nitrogens with one attached hydrogen (secondary N) is 1. The van der Waals surface area contributed by atoms with E-state index in [1.54, 1.807) is 6.20 Å². The summed E-state index contributed by atoms with van der Waals surface area (Å²) in [6.07, 6.45) is 1.79. The van der Waals surface area contributed by atoms with Crippen molar-refractivity contribution in [2.45, 2.75) is 13.0 Å². The Morgan fingerprint density at radius 1 is 1.21 bits per heavy atom. The van der Waals surface area contributed by atoms with Crippen molar-refractivity contribution < 1.29 is 0 Å². The Labute approximate surface area is 131 Å². The van der Waals surface area contributed by atoms with Gasteiger partial charge in [0.2, 0.25) is 0 Å². The van der Waals surface area contributed by atoms with Crippen LogP contribution in [0.1, 0.15) is 24.2 Å². The first-order chi connectivity index (χ1) is 9.11. The van der Waals surface area contributed by atoms with Gasteiger partial charge in [-0.25, -0.2) is 0 Å². The third kappa shape index (κ3) is 3.69. The first kappa shape index (κ1) is 14.8. The van der Waals surface area contributed by atoms with E-state index in [2.05, 4.69) is 33.2 Å². The first-order valence-electron chi connectivity index (χ1n) is 5.91. The molecule has 100 valence electrons. The van der Waals surface area contributed by atoms with Gasteiger partial charge in [-0.15, -0.1) is 0 Å². The maximum atomic E-state index is 6.08. The third-order valence-electron chi connectivity index (χ3n) is 2.73. The van der Waals surface area contributed by atoms with Gasteiger partial charge in [0.1, 0.15) is 0 Å². The zero-order chi connectivity index (χ0) is 13.8. The maximum Gasteiger partial charge on any atom is 0.0751 e. The molecule has 1 heterocycles. The van der Waals surface area contributed by atoms with Crippen LogP contribution in [0.15, 0.2) is 41.0 Å². The highest BCUT2D eigenvalue weighted by Crippen LogP contribution is 2.28. The molecule has 1 aromatic heterocycles. The zero-order valence-corrected chi connectivity index (χ0v) is 13.4. The molecular weight excluding hydrogens is 347 g/mol. The van der Waals surface area contributed by atoms with Crippen LogP contribution in [0.25, 0.3) is 0 Å². The standard InChI is InChI=1S/C14H13BrCl2N2/c1-2-18-14(13-6-4-10(15)8-19-13)9-3-5-11(16)12(17)7-9/h3-8,14,18H,2H2,1H3. The Morgan fingerprint density at radius 2 is 2.00 bits per heavy atom. The van der Waals surface area contributed by atoms with Crippen LogP contribution in [0.3, 0.4) is 0 Å². The molecule has 2 aromatic rings. The minimum Gasteiger partial charge on any atom is -0.305 e. The van der Waals surface area contributed by atoms with Crippen molar-refractivity contribution in [1.82, 2.24) is 10.3 Å². The monoisotopic (exact) mass is 358 g/mol. The largest absolute Gasteiger partial charge is 0.305 e. The second-order valence-electron chi connectivity index (χ2n) is 4.07. The van der Waals surface area contributed by atoms with Crippen LogP contribution in [0.4, 0.5) is 0 Å². The molecule has 2 nitrogen and oxygen atoms in total. The van der Waals surface area contributed by atoms with Gasteiger partial charge in [0.15, 0.2) is 0 Å². The number of benzene rings is 1. The summed E-state index contributed by atoms with van der Waals surface area (Å²) in [7, 11) is 0. The van der Waals surface area contributed by atoms with Gasteiger partial charge in [-0.2, -0.15) is 0 Å². The van der Waals surface area contributed by atoms with E-state index in [0.717, 1.165) is 22.3 Å². The van der Waals surface area contributed by atoms with Crippen LogP contribution in [-0.2, 0) is 0 Å². The summed E-state index contributed by atoms with van der Waals surface area (Å²) < 4.78 is 0.959. The van der Waals surface area contributed by atoms with Crippen molar-refractivity contribution in [3.05, 3.63) is 62.3 Å². The molecule has 1 aromatic carbocycles. The van der Waals surface area contributed by atoms with E-state index in [9.17, 15) is 0 Å². The first-order valence-corrected chi connectivity index (χ1v) is 7.46. The van der Waals surface area contributed by atoms with Gasteiger partial charge < -0.3 is 5.32 Å². The fraction of sp³-hybridized carbons (Fsp3) is 0.214. The van der Waals surface area contributed by atoms with Crippen LogP contribution in [0.5, 0.6) is 0 Å². The second-order valence-corrected chi connectivity index (χ2v) is 5.80. The summed E-state index contributed by atoms with van der Waals surface area (Å²) in [5.41, 5.74) is 1.99. The number of rotatable bonds is 4. The van der Waals surface area contributed by atoms with Gasteiger partial charge in [0.25, 0.3) is 0 Å². The SMILES string of the molecule is CCNC(c1ccc(Cl)c(Cl)c1)c1ccc(Br)cn1. The van der Waals surface area contributed by atoms with E-state index in [1.165, 1.54) is 0 Å². The molecule has 1 atom stereocenters. The molecule has 0 fully saturated rings. The molecule has 0 bridgehead atoms.